The van der Waals surface area contributed by atoms with E-state index in [-0.39, 0.29) is 6.79 Å². The van der Waals surface area contributed by atoms with Gasteiger partial charge in [-0.2, -0.15) is 5.26 Å². The van der Waals surface area contributed by atoms with Gasteiger partial charge in [-0.15, -0.1) is 0 Å². The third-order valence-electron chi connectivity index (χ3n) is 1.82. The van der Waals surface area contributed by atoms with Crippen LogP contribution in [0.15, 0.2) is 18.2 Å². The van der Waals surface area contributed by atoms with Crippen LogP contribution in [0.5, 0.6) is 5.75 Å². The van der Waals surface area contributed by atoms with Gasteiger partial charge in [-0.3, -0.25) is 0 Å². The highest BCUT2D eigenvalue weighted by molar-refractivity contribution is 5.38. The van der Waals surface area contributed by atoms with E-state index in [0.29, 0.717) is 6.42 Å². The van der Waals surface area contributed by atoms with Crippen molar-refractivity contribution in [2.75, 3.05) is 13.9 Å². The maximum atomic E-state index is 8.60. The number of hydrogen-bond acceptors (Lipinski definition) is 3. The summed E-state index contributed by atoms with van der Waals surface area (Å²) in [6.45, 7) is 2.19. The topological polar surface area (TPSA) is 42.2 Å². The smallest absolute Gasteiger partial charge is 0.188 e. The molecule has 74 valence electrons. The summed E-state index contributed by atoms with van der Waals surface area (Å²) in [6.07, 6.45) is 0.360. The number of ether oxygens (including phenoxy) is 2. The van der Waals surface area contributed by atoms with E-state index in [9.17, 15) is 0 Å². The highest BCUT2D eigenvalue weighted by Crippen LogP contribution is 2.20. The van der Waals surface area contributed by atoms with E-state index in [2.05, 4.69) is 6.07 Å². The molecule has 1 aromatic rings. The second-order valence-corrected chi connectivity index (χ2v) is 3.00. The molecule has 1 rings (SSSR count). The summed E-state index contributed by atoms with van der Waals surface area (Å²) >= 11 is 0. The Bertz CT molecular complexity index is 342. The summed E-state index contributed by atoms with van der Waals surface area (Å²) in [5.41, 5.74) is 2.01. The van der Waals surface area contributed by atoms with Crippen LogP contribution >= 0.6 is 0 Å². The van der Waals surface area contributed by atoms with E-state index in [1.165, 1.54) is 0 Å². The average molecular weight is 191 g/mol. The Balaban J connectivity index is 2.86. The zero-order valence-corrected chi connectivity index (χ0v) is 8.41. The molecule has 0 spiro atoms. The van der Waals surface area contributed by atoms with Gasteiger partial charge in [-0.05, 0) is 18.6 Å². The van der Waals surface area contributed by atoms with Gasteiger partial charge in [0.1, 0.15) is 5.75 Å². The lowest BCUT2D eigenvalue weighted by Crippen LogP contribution is -2.01. The fraction of sp³-hybridized carbons (Fsp3) is 0.364. The van der Waals surface area contributed by atoms with E-state index in [1.54, 1.807) is 7.11 Å². The first kappa shape index (κ1) is 10.6. The van der Waals surface area contributed by atoms with Crippen molar-refractivity contribution in [1.29, 1.82) is 5.26 Å². The normalized spacial score (nSPS) is 9.50. The second-order valence-electron chi connectivity index (χ2n) is 3.00. The van der Waals surface area contributed by atoms with Crippen molar-refractivity contribution >= 4 is 0 Å². The maximum absolute atomic E-state index is 8.60. The van der Waals surface area contributed by atoms with Crippen LogP contribution in [-0.2, 0) is 11.2 Å². The van der Waals surface area contributed by atoms with Gasteiger partial charge in [0.2, 0.25) is 0 Å². The summed E-state index contributed by atoms with van der Waals surface area (Å²) < 4.78 is 10.2. The maximum Gasteiger partial charge on any atom is 0.188 e. The number of nitriles is 1. The molecule has 0 aliphatic carbocycles. The van der Waals surface area contributed by atoms with Crippen molar-refractivity contribution in [2.45, 2.75) is 13.3 Å². The average Bonchev–Trinajstić information content (AvgIpc) is 2.18. The molecule has 0 saturated heterocycles. The SMILES string of the molecule is COCOc1cc(C)ccc1CC#N. The van der Waals surface area contributed by atoms with Crippen molar-refractivity contribution < 1.29 is 9.47 Å². The highest BCUT2D eigenvalue weighted by atomic mass is 16.7. The van der Waals surface area contributed by atoms with Gasteiger partial charge in [0.15, 0.2) is 6.79 Å². The minimum atomic E-state index is 0.210. The molecule has 1 aromatic carbocycles. The quantitative estimate of drug-likeness (QED) is 0.684. The van der Waals surface area contributed by atoms with E-state index >= 15 is 0 Å². The van der Waals surface area contributed by atoms with E-state index in [1.807, 2.05) is 25.1 Å². The molecule has 0 bridgehead atoms. The van der Waals surface area contributed by atoms with Crippen molar-refractivity contribution in [1.82, 2.24) is 0 Å². The summed E-state index contributed by atoms with van der Waals surface area (Å²) in [5, 5.41) is 8.60. The summed E-state index contributed by atoms with van der Waals surface area (Å²) in [6, 6.07) is 7.88. The Labute approximate surface area is 83.9 Å². The lowest BCUT2D eigenvalue weighted by Gasteiger charge is -2.09. The Hall–Kier alpha value is -1.53. The van der Waals surface area contributed by atoms with Crippen LogP contribution in [0.4, 0.5) is 0 Å². The molecule has 0 N–H and O–H groups in total. The Morgan fingerprint density at radius 2 is 2.21 bits per heavy atom. The number of methoxy groups -OCH3 is 1. The van der Waals surface area contributed by atoms with Crippen molar-refractivity contribution in [3.05, 3.63) is 29.3 Å². The van der Waals surface area contributed by atoms with Crippen molar-refractivity contribution in [2.24, 2.45) is 0 Å². The first-order valence-corrected chi connectivity index (χ1v) is 4.36. The number of hydrogen-bond donors (Lipinski definition) is 0. The molecule has 0 aromatic heterocycles. The van der Waals surface area contributed by atoms with Crippen LogP contribution in [0.1, 0.15) is 11.1 Å². The fourth-order valence-corrected chi connectivity index (χ4v) is 1.15. The van der Waals surface area contributed by atoms with Crippen LogP contribution < -0.4 is 4.74 Å². The Morgan fingerprint density at radius 3 is 2.86 bits per heavy atom. The summed E-state index contributed by atoms with van der Waals surface area (Å²) in [4.78, 5) is 0. The number of rotatable bonds is 4. The predicted octanol–water partition coefficient (Wildman–Crippen LogP) is 2.04. The number of nitrogens with zero attached hydrogens (tertiary/aromatic N) is 1. The highest BCUT2D eigenvalue weighted by Gasteiger charge is 2.03. The third-order valence-corrected chi connectivity index (χ3v) is 1.82. The van der Waals surface area contributed by atoms with E-state index in [0.717, 1.165) is 16.9 Å². The Kier molecular flexibility index (Phi) is 3.96. The molecule has 0 aliphatic rings. The molecule has 0 saturated carbocycles. The van der Waals surface area contributed by atoms with E-state index in [4.69, 9.17) is 14.7 Å². The van der Waals surface area contributed by atoms with Crippen molar-refractivity contribution in [3.63, 3.8) is 0 Å². The van der Waals surface area contributed by atoms with Crippen LogP contribution in [0.25, 0.3) is 0 Å². The van der Waals surface area contributed by atoms with Gasteiger partial charge >= 0.3 is 0 Å². The minimum Gasteiger partial charge on any atom is -0.467 e. The molecule has 14 heavy (non-hydrogen) atoms. The molecule has 3 nitrogen and oxygen atoms in total. The van der Waals surface area contributed by atoms with Gasteiger partial charge in [0.25, 0.3) is 0 Å². The lowest BCUT2D eigenvalue weighted by atomic mass is 10.1. The van der Waals surface area contributed by atoms with Crippen LogP contribution in [0.3, 0.4) is 0 Å². The van der Waals surface area contributed by atoms with E-state index < -0.39 is 0 Å². The fourth-order valence-electron chi connectivity index (χ4n) is 1.15. The van der Waals surface area contributed by atoms with Gasteiger partial charge in [-0.25, -0.2) is 0 Å². The molecular formula is C11H13NO2. The predicted molar refractivity (Wildman–Crippen MR) is 53.0 cm³/mol. The number of aryl methyl sites for hydroxylation is 1. The minimum absolute atomic E-state index is 0.210. The van der Waals surface area contributed by atoms with Gasteiger partial charge in [0.05, 0.1) is 12.5 Å². The van der Waals surface area contributed by atoms with Gasteiger partial charge < -0.3 is 9.47 Å². The van der Waals surface area contributed by atoms with Gasteiger partial charge in [-0.1, -0.05) is 12.1 Å². The second kappa shape index (κ2) is 5.25. The van der Waals surface area contributed by atoms with Gasteiger partial charge in [0, 0.05) is 12.7 Å². The molecule has 3 heteroatoms. The first-order chi connectivity index (χ1) is 6.77. The molecule has 0 atom stereocenters. The summed E-state index contributed by atoms with van der Waals surface area (Å²) in [7, 11) is 1.57. The molecule has 0 unspecified atom stereocenters. The van der Waals surface area contributed by atoms with Crippen LogP contribution in [-0.4, -0.2) is 13.9 Å². The third kappa shape index (κ3) is 2.75. The molecule has 0 fully saturated rings. The molecule has 0 aliphatic heterocycles. The van der Waals surface area contributed by atoms with Crippen LogP contribution in [0, 0.1) is 18.3 Å². The summed E-state index contributed by atoms with van der Waals surface area (Å²) in [5.74, 6) is 0.730. The zero-order chi connectivity index (χ0) is 10.4. The zero-order valence-electron chi connectivity index (χ0n) is 8.41. The first-order valence-electron chi connectivity index (χ1n) is 4.36. The monoisotopic (exact) mass is 191 g/mol. The Morgan fingerprint density at radius 1 is 1.43 bits per heavy atom. The molecule has 0 radical (unpaired) electrons. The van der Waals surface area contributed by atoms with Crippen LogP contribution in [0.2, 0.25) is 0 Å². The molecule has 0 amide bonds. The molecule has 0 heterocycles. The number of benzene rings is 1. The largest absolute Gasteiger partial charge is 0.467 e. The lowest BCUT2D eigenvalue weighted by molar-refractivity contribution is 0.0505. The molecular weight excluding hydrogens is 178 g/mol. The van der Waals surface area contributed by atoms with Crippen molar-refractivity contribution in [3.8, 4) is 11.8 Å². The standard InChI is InChI=1S/C11H13NO2/c1-9-3-4-10(5-6-12)11(7-9)14-8-13-2/h3-4,7H,5,8H2,1-2H3.